The van der Waals surface area contributed by atoms with Gasteiger partial charge in [-0.2, -0.15) is 0 Å². The van der Waals surface area contributed by atoms with Gasteiger partial charge < -0.3 is 41.0 Å². The molecule has 0 aliphatic heterocycles. The number of guanidine groups is 1. The summed E-state index contributed by atoms with van der Waals surface area (Å²) in [7, 11) is 3.48. The van der Waals surface area contributed by atoms with E-state index < -0.39 is 23.3 Å². The van der Waals surface area contributed by atoms with Crippen LogP contribution in [0.1, 0.15) is 99.3 Å². The molecule has 0 heterocycles. The molecule has 0 atom stereocenters. The van der Waals surface area contributed by atoms with Gasteiger partial charge in [0.05, 0.1) is 6.54 Å². The Kier molecular flexibility index (Phi) is 22.3. The first kappa shape index (κ1) is 41.7. The first-order chi connectivity index (χ1) is 21.2. The molecule has 0 fully saturated rings. The summed E-state index contributed by atoms with van der Waals surface area (Å²) in [5.41, 5.74) is -1.12. The van der Waals surface area contributed by atoms with Crippen LogP contribution in [0.25, 0.3) is 0 Å². The minimum absolute atomic E-state index is 0.0808. The van der Waals surface area contributed by atoms with Crippen LogP contribution in [-0.2, 0) is 14.3 Å². The molecule has 0 bridgehead atoms. The second-order valence-electron chi connectivity index (χ2n) is 12.8. The normalized spacial score (nSPS) is 11.8. The minimum Gasteiger partial charge on any atom is -0.444 e. The molecule has 0 aromatic heterocycles. The van der Waals surface area contributed by atoms with Crippen LogP contribution in [0.4, 0.5) is 14.4 Å². The maximum atomic E-state index is 12.5. The molecule has 0 unspecified atom stereocenters. The quantitative estimate of drug-likeness (QED) is 0.0665. The molecule has 262 valence electrons. The number of hydrogen-bond donors (Lipinski definition) is 6. The summed E-state index contributed by atoms with van der Waals surface area (Å²) in [4.78, 5) is 54.1. The number of alkyl carbamates (subject to hydrolysis) is 1. The highest BCUT2D eigenvalue weighted by molar-refractivity contribution is 5.93. The summed E-state index contributed by atoms with van der Waals surface area (Å²) in [5, 5.41) is 16.9. The third kappa shape index (κ3) is 26.8. The number of carbonyl (C=O) groups is 4. The molecule has 6 N–H and O–H groups in total. The summed E-state index contributed by atoms with van der Waals surface area (Å²) < 4.78 is 10.7. The second-order valence-corrected chi connectivity index (χ2v) is 12.8. The lowest BCUT2D eigenvalue weighted by atomic mass is 10.1. The van der Waals surface area contributed by atoms with Gasteiger partial charge in [-0.3, -0.25) is 15.1 Å². The molecule has 0 aliphatic rings. The Morgan fingerprint density at radius 3 is 1.76 bits per heavy atom. The van der Waals surface area contributed by atoms with E-state index in [9.17, 15) is 19.2 Å². The van der Waals surface area contributed by atoms with Crippen molar-refractivity contribution >= 4 is 30.1 Å². The van der Waals surface area contributed by atoms with Gasteiger partial charge in [-0.15, -0.1) is 0 Å². The van der Waals surface area contributed by atoms with Gasteiger partial charge in [0.15, 0.2) is 0 Å². The Bertz CT molecular complexity index is 886. The summed E-state index contributed by atoms with van der Waals surface area (Å²) in [5.74, 6) is 0.168. The molecule has 45 heavy (non-hydrogen) atoms. The van der Waals surface area contributed by atoms with Crippen molar-refractivity contribution in [2.24, 2.45) is 4.99 Å². The van der Waals surface area contributed by atoms with Gasteiger partial charge in [-0.25, -0.2) is 14.4 Å². The third-order valence-corrected chi connectivity index (χ3v) is 6.12. The minimum atomic E-state index is -0.567. The Morgan fingerprint density at radius 1 is 0.644 bits per heavy atom. The Balaban J connectivity index is 3.87. The van der Waals surface area contributed by atoms with E-state index >= 15 is 0 Å². The molecule has 0 saturated carbocycles. The maximum Gasteiger partial charge on any atom is 0.414 e. The zero-order valence-electron chi connectivity index (χ0n) is 29.2. The summed E-state index contributed by atoms with van der Waals surface area (Å²) >= 11 is 0. The topological polar surface area (TPSA) is 175 Å². The molecular weight excluding hydrogens is 580 g/mol. The second kappa shape index (κ2) is 24.0. The van der Waals surface area contributed by atoms with Crippen molar-refractivity contribution in [3.05, 3.63) is 0 Å². The molecule has 0 aliphatic carbocycles. The fourth-order valence-electron chi connectivity index (χ4n) is 3.95. The van der Waals surface area contributed by atoms with Crippen molar-refractivity contribution in [1.29, 1.82) is 0 Å². The fourth-order valence-corrected chi connectivity index (χ4v) is 3.95. The van der Waals surface area contributed by atoms with Crippen LogP contribution in [0, 0.1) is 0 Å². The lowest BCUT2D eigenvalue weighted by molar-refractivity contribution is -0.120. The number of rotatable bonds is 20. The molecule has 0 aromatic rings. The van der Waals surface area contributed by atoms with Crippen LogP contribution in [0.3, 0.4) is 0 Å². The van der Waals surface area contributed by atoms with Crippen molar-refractivity contribution in [2.75, 3.05) is 59.9 Å². The smallest absolute Gasteiger partial charge is 0.414 e. The lowest BCUT2D eigenvalue weighted by Crippen LogP contribution is -2.43. The standard InChI is InChI=1S/C31H62N8O6/c1-30(2,3)44-28(42)38-26(33-8)35-20-14-12-10-9-11-13-19-34-25(40)24-37-27(41)36-21-15-16-22-39(23-17-18-32-7)29(43)45-31(4,5)6/h32H,9-24H2,1-8H3,(H,34,40)(H2,36,37,41)(H2,33,35,38,42). The average Bonchev–Trinajstić information content (AvgIpc) is 2.93. The largest absolute Gasteiger partial charge is 0.444 e. The van der Waals surface area contributed by atoms with E-state index in [0.29, 0.717) is 45.1 Å². The van der Waals surface area contributed by atoms with Crippen LogP contribution in [-0.4, -0.2) is 106 Å². The van der Waals surface area contributed by atoms with Gasteiger partial charge >= 0.3 is 18.2 Å². The van der Waals surface area contributed by atoms with Gasteiger partial charge in [0.25, 0.3) is 0 Å². The van der Waals surface area contributed by atoms with Crippen molar-refractivity contribution in [1.82, 2.24) is 36.8 Å². The van der Waals surface area contributed by atoms with Gasteiger partial charge in [0, 0.05) is 39.8 Å². The molecular formula is C31H62N8O6. The molecule has 0 radical (unpaired) electrons. The lowest BCUT2D eigenvalue weighted by Gasteiger charge is -2.27. The predicted octanol–water partition coefficient (Wildman–Crippen LogP) is 3.47. The number of ether oxygens (including phenoxy) is 2. The van der Waals surface area contributed by atoms with E-state index in [0.717, 1.165) is 57.9 Å². The van der Waals surface area contributed by atoms with Crippen molar-refractivity contribution < 1.29 is 28.7 Å². The van der Waals surface area contributed by atoms with Crippen LogP contribution in [0.15, 0.2) is 4.99 Å². The van der Waals surface area contributed by atoms with Crippen LogP contribution < -0.4 is 31.9 Å². The van der Waals surface area contributed by atoms with Gasteiger partial charge in [0.2, 0.25) is 11.9 Å². The number of hydrogen-bond acceptors (Lipinski definition) is 8. The Hall–Kier alpha value is -3.29. The first-order valence-electron chi connectivity index (χ1n) is 16.3. The summed E-state index contributed by atoms with van der Waals surface area (Å²) in [6.45, 7) is 14.5. The average molecular weight is 643 g/mol. The number of amides is 5. The summed E-state index contributed by atoms with van der Waals surface area (Å²) in [6, 6.07) is -0.393. The van der Waals surface area contributed by atoms with Gasteiger partial charge in [-0.1, -0.05) is 25.7 Å². The number of carbonyl (C=O) groups excluding carboxylic acids is 4. The molecule has 0 spiro atoms. The maximum absolute atomic E-state index is 12.5. The third-order valence-electron chi connectivity index (χ3n) is 6.12. The van der Waals surface area contributed by atoms with Gasteiger partial charge in [0.1, 0.15) is 11.2 Å². The van der Waals surface area contributed by atoms with Crippen molar-refractivity contribution in [2.45, 2.75) is 111 Å². The highest BCUT2D eigenvalue weighted by Gasteiger charge is 2.21. The zero-order valence-corrected chi connectivity index (χ0v) is 29.2. The monoisotopic (exact) mass is 642 g/mol. The highest BCUT2D eigenvalue weighted by Crippen LogP contribution is 2.11. The molecule has 0 saturated heterocycles. The number of nitrogens with one attached hydrogen (secondary N) is 6. The first-order valence-corrected chi connectivity index (χ1v) is 16.3. The van der Waals surface area contributed by atoms with E-state index in [1.807, 2.05) is 27.8 Å². The van der Waals surface area contributed by atoms with E-state index in [2.05, 4.69) is 36.9 Å². The van der Waals surface area contributed by atoms with Crippen LogP contribution >= 0.6 is 0 Å². The molecule has 0 aromatic carbocycles. The number of urea groups is 1. The predicted molar refractivity (Wildman–Crippen MR) is 178 cm³/mol. The summed E-state index contributed by atoms with van der Waals surface area (Å²) in [6.07, 6.45) is 7.38. The Morgan fingerprint density at radius 2 is 1.18 bits per heavy atom. The van der Waals surface area contributed by atoms with Crippen LogP contribution in [0.2, 0.25) is 0 Å². The van der Waals surface area contributed by atoms with E-state index in [4.69, 9.17) is 9.47 Å². The molecule has 14 heteroatoms. The van der Waals surface area contributed by atoms with Crippen LogP contribution in [0.5, 0.6) is 0 Å². The van der Waals surface area contributed by atoms with Crippen molar-refractivity contribution in [3.63, 3.8) is 0 Å². The molecule has 0 rings (SSSR count). The number of aliphatic imine (C=N–C) groups is 1. The number of nitrogens with zero attached hydrogens (tertiary/aromatic N) is 2. The zero-order chi connectivity index (χ0) is 34.1. The highest BCUT2D eigenvalue weighted by atomic mass is 16.6. The van der Waals surface area contributed by atoms with E-state index in [1.54, 1.807) is 32.7 Å². The SMILES string of the molecule is CN=C(NCCCCCCCCNC(=O)CNC(=O)NCCCCN(CCCNC)C(=O)OC(C)(C)C)NC(=O)OC(C)(C)C. The molecule has 5 amide bonds. The van der Waals surface area contributed by atoms with E-state index in [-0.39, 0.29) is 18.5 Å². The van der Waals surface area contributed by atoms with E-state index in [1.165, 1.54) is 0 Å². The Labute approximate surface area is 271 Å². The molecule has 14 nitrogen and oxygen atoms in total. The number of unbranched alkanes of at least 4 members (excludes halogenated alkanes) is 6. The fraction of sp³-hybridized carbons (Fsp3) is 0.839. The van der Waals surface area contributed by atoms with Gasteiger partial charge in [-0.05, 0) is 87.2 Å². The van der Waals surface area contributed by atoms with Crippen molar-refractivity contribution in [3.8, 4) is 0 Å².